The predicted molar refractivity (Wildman–Crippen MR) is 88.5 cm³/mol. The number of hydrogen-bond acceptors (Lipinski definition) is 7. The van der Waals surface area contributed by atoms with Gasteiger partial charge in [0.15, 0.2) is 6.61 Å². The first-order chi connectivity index (χ1) is 11.9. The standard InChI is InChI=1S/C15H15FN4O4S/c1-9-19-20-15(25-9)18-12(21)6-7-14(23)24-8-13(22)17-11-4-2-10(16)3-5-11/h2-5H,6-8H2,1H3,(H,17,22)(H,18,20,21). The van der Waals surface area contributed by atoms with Crippen LogP contribution >= 0.6 is 11.3 Å². The van der Waals surface area contributed by atoms with Crippen LogP contribution in [0.2, 0.25) is 0 Å². The molecular weight excluding hydrogens is 351 g/mol. The first-order valence-electron chi connectivity index (χ1n) is 7.23. The maximum atomic E-state index is 12.7. The number of aromatic nitrogens is 2. The van der Waals surface area contributed by atoms with Crippen LogP contribution in [0.4, 0.5) is 15.2 Å². The van der Waals surface area contributed by atoms with E-state index < -0.39 is 30.2 Å². The van der Waals surface area contributed by atoms with E-state index in [9.17, 15) is 18.8 Å². The number of amides is 2. The van der Waals surface area contributed by atoms with E-state index in [1.807, 2.05) is 0 Å². The molecule has 0 fully saturated rings. The summed E-state index contributed by atoms with van der Waals surface area (Å²) in [6.45, 7) is 1.26. The molecule has 0 saturated carbocycles. The highest BCUT2D eigenvalue weighted by Crippen LogP contribution is 2.14. The van der Waals surface area contributed by atoms with E-state index in [0.717, 1.165) is 0 Å². The lowest BCUT2D eigenvalue weighted by Crippen LogP contribution is -2.21. The lowest BCUT2D eigenvalue weighted by molar-refractivity contribution is -0.147. The molecule has 10 heteroatoms. The number of nitrogens with zero attached hydrogens (tertiary/aromatic N) is 2. The molecule has 1 heterocycles. The fourth-order valence-electron chi connectivity index (χ4n) is 1.69. The molecule has 0 aliphatic carbocycles. The molecule has 0 spiro atoms. The van der Waals surface area contributed by atoms with Gasteiger partial charge in [0, 0.05) is 12.1 Å². The average molecular weight is 366 g/mol. The zero-order valence-electron chi connectivity index (χ0n) is 13.2. The molecule has 0 aliphatic rings. The molecule has 0 atom stereocenters. The van der Waals surface area contributed by atoms with Crippen molar-refractivity contribution in [3.8, 4) is 0 Å². The van der Waals surface area contributed by atoms with Crippen molar-refractivity contribution in [1.82, 2.24) is 10.2 Å². The number of ether oxygens (including phenoxy) is 1. The molecule has 1 aromatic heterocycles. The fourth-order valence-corrected chi connectivity index (χ4v) is 2.30. The van der Waals surface area contributed by atoms with E-state index >= 15 is 0 Å². The number of esters is 1. The molecule has 132 valence electrons. The number of anilines is 2. The number of benzene rings is 1. The maximum absolute atomic E-state index is 12.7. The van der Waals surface area contributed by atoms with Gasteiger partial charge >= 0.3 is 5.97 Å². The van der Waals surface area contributed by atoms with Crippen LogP contribution in [0.25, 0.3) is 0 Å². The third-order valence-corrected chi connectivity index (χ3v) is 3.57. The summed E-state index contributed by atoms with van der Waals surface area (Å²) in [5, 5.41) is 13.5. The van der Waals surface area contributed by atoms with E-state index in [4.69, 9.17) is 4.74 Å². The topological polar surface area (TPSA) is 110 Å². The van der Waals surface area contributed by atoms with Crippen molar-refractivity contribution in [1.29, 1.82) is 0 Å². The second-order valence-corrected chi connectivity index (χ2v) is 6.07. The quantitative estimate of drug-likeness (QED) is 0.724. The molecule has 25 heavy (non-hydrogen) atoms. The molecule has 0 saturated heterocycles. The number of aryl methyl sites for hydroxylation is 1. The van der Waals surface area contributed by atoms with Gasteiger partial charge in [-0.25, -0.2) is 4.39 Å². The minimum atomic E-state index is -0.683. The lowest BCUT2D eigenvalue weighted by atomic mass is 10.3. The van der Waals surface area contributed by atoms with Gasteiger partial charge in [0.05, 0.1) is 6.42 Å². The summed E-state index contributed by atoms with van der Waals surface area (Å²) >= 11 is 1.22. The summed E-state index contributed by atoms with van der Waals surface area (Å²) < 4.78 is 17.5. The van der Waals surface area contributed by atoms with Crippen molar-refractivity contribution < 1.29 is 23.5 Å². The fraction of sp³-hybridized carbons (Fsp3) is 0.267. The van der Waals surface area contributed by atoms with Gasteiger partial charge in [-0.2, -0.15) is 0 Å². The zero-order chi connectivity index (χ0) is 18.2. The maximum Gasteiger partial charge on any atom is 0.306 e. The molecular formula is C15H15FN4O4S. The van der Waals surface area contributed by atoms with Crippen LogP contribution in [0, 0.1) is 12.7 Å². The van der Waals surface area contributed by atoms with Crippen molar-refractivity contribution in [3.63, 3.8) is 0 Å². The molecule has 0 aliphatic heterocycles. The molecule has 1 aromatic carbocycles. The van der Waals surface area contributed by atoms with Gasteiger partial charge in [-0.1, -0.05) is 11.3 Å². The Bertz CT molecular complexity index is 763. The highest BCUT2D eigenvalue weighted by molar-refractivity contribution is 7.15. The number of nitrogens with one attached hydrogen (secondary N) is 2. The molecule has 8 nitrogen and oxygen atoms in total. The Morgan fingerprint density at radius 1 is 1.08 bits per heavy atom. The van der Waals surface area contributed by atoms with Crippen molar-refractivity contribution >= 4 is 39.9 Å². The Labute approximate surface area is 146 Å². The van der Waals surface area contributed by atoms with E-state index in [0.29, 0.717) is 15.8 Å². The smallest absolute Gasteiger partial charge is 0.306 e. The minimum Gasteiger partial charge on any atom is -0.456 e. The van der Waals surface area contributed by atoms with Crippen LogP contribution < -0.4 is 10.6 Å². The average Bonchev–Trinajstić information content (AvgIpc) is 2.98. The summed E-state index contributed by atoms with van der Waals surface area (Å²) in [6.07, 6.45) is -0.273. The normalized spacial score (nSPS) is 10.2. The molecule has 0 radical (unpaired) electrons. The van der Waals surface area contributed by atoms with E-state index in [-0.39, 0.29) is 12.8 Å². The SMILES string of the molecule is Cc1nnc(NC(=O)CCC(=O)OCC(=O)Nc2ccc(F)cc2)s1. The number of hydrogen-bond donors (Lipinski definition) is 2. The Kier molecular flexibility index (Phi) is 6.52. The second kappa shape index (κ2) is 8.83. The van der Waals surface area contributed by atoms with Crippen molar-refractivity contribution in [2.24, 2.45) is 0 Å². The zero-order valence-corrected chi connectivity index (χ0v) is 14.1. The van der Waals surface area contributed by atoms with E-state index in [1.165, 1.54) is 35.6 Å². The van der Waals surface area contributed by atoms with E-state index in [2.05, 4.69) is 20.8 Å². The third-order valence-electron chi connectivity index (χ3n) is 2.82. The highest BCUT2D eigenvalue weighted by Gasteiger charge is 2.12. The summed E-state index contributed by atoms with van der Waals surface area (Å²) in [7, 11) is 0. The van der Waals surface area contributed by atoms with Crippen LogP contribution in [0.5, 0.6) is 0 Å². The van der Waals surface area contributed by atoms with Gasteiger partial charge in [-0.3, -0.25) is 14.4 Å². The number of carbonyl (C=O) groups is 3. The molecule has 0 unspecified atom stereocenters. The van der Waals surface area contributed by atoms with Crippen LogP contribution in [0.3, 0.4) is 0 Å². The molecule has 2 rings (SSSR count). The predicted octanol–water partition coefficient (Wildman–Crippen LogP) is 1.89. The summed E-state index contributed by atoms with van der Waals surface area (Å²) in [5.74, 6) is -2.07. The van der Waals surface area contributed by atoms with Gasteiger partial charge in [-0.05, 0) is 31.2 Å². The van der Waals surface area contributed by atoms with Gasteiger partial charge in [0.1, 0.15) is 10.8 Å². The van der Waals surface area contributed by atoms with Crippen molar-refractivity contribution in [2.75, 3.05) is 17.2 Å². The Morgan fingerprint density at radius 2 is 1.80 bits per heavy atom. The third kappa shape index (κ3) is 6.63. The first kappa shape index (κ1) is 18.5. The van der Waals surface area contributed by atoms with Gasteiger partial charge in [-0.15, -0.1) is 10.2 Å². The van der Waals surface area contributed by atoms with Crippen LogP contribution in [-0.2, 0) is 19.1 Å². The Balaban J connectivity index is 1.65. The summed E-state index contributed by atoms with van der Waals surface area (Å²) in [4.78, 5) is 34.8. The Hall–Kier alpha value is -2.88. The van der Waals surface area contributed by atoms with Crippen LogP contribution in [0.15, 0.2) is 24.3 Å². The van der Waals surface area contributed by atoms with Gasteiger partial charge in [0.25, 0.3) is 5.91 Å². The summed E-state index contributed by atoms with van der Waals surface area (Å²) in [6, 6.07) is 5.16. The monoisotopic (exact) mass is 366 g/mol. The highest BCUT2D eigenvalue weighted by atomic mass is 32.1. The summed E-state index contributed by atoms with van der Waals surface area (Å²) in [5.41, 5.74) is 0.383. The first-order valence-corrected chi connectivity index (χ1v) is 8.05. The molecule has 2 aromatic rings. The van der Waals surface area contributed by atoms with Crippen LogP contribution in [0.1, 0.15) is 17.8 Å². The number of halogens is 1. The molecule has 0 bridgehead atoms. The second-order valence-electron chi connectivity index (χ2n) is 4.89. The van der Waals surface area contributed by atoms with E-state index in [1.54, 1.807) is 6.92 Å². The lowest BCUT2D eigenvalue weighted by Gasteiger charge is -2.06. The number of carbonyl (C=O) groups excluding carboxylic acids is 3. The van der Waals surface area contributed by atoms with Crippen LogP contribution in [-0.4, -0.2) is 34.6 Å². The van der Waals surface area contributed by atoms with Crippen molar-refractivity contribution in [3.05, 3.63) is 35.1 Å². The van der Waals surface area contributed by atoms with Crippen molar-refractivity contribution in [2.45, 2.75) is 19.8 Å². The Morgan fingerprint density at radius 3 is 2.44 bits per heavy atom. The molecule has 2 N–H and O–H groups in total. The molecule has 2 amide bonds. The minimum absolute atomic E-state index is 0.100. The van der Waals surface area contributed by atoms with Gasteiger partial charge < -0.3 is 15.4 Å². The largest absolute Gasteiger partial charge is 0.456 e. The van der Waals surface area contributed by atoms with Gasteiger partial charge in [0.2, 0.25) is 11.0 Å². The number of rotatable bonds is 7.